The lowest BCUT2D eigenvalue weighted by atomic mass is 10.0. The Morgan fingerprint density at radius 1 is 1.03 bits per heavy atom. The first-order chi connectivity index (χ1) is 13.3. The number of hydrogen-bond acceptors (Lipinski definition) is 2. The molecule has 0 aromatic heterocycles. The first kappa shape index (κ1) is 22.3. The molecule has 2 aromatic carbocycles. The van der Waals surface area contributed by atoms with E-state index in [0.29, 0.717) is 12.2 Å². The van der Waals surface area contributed by atoms with E-state index in [1.54, 1.807) is 6.07 Å². The van der Waals surface area contributed by atoms with E-state index in [1.165, 1.54) is 12.1 Å². The van der Waals surface area contributed by atoms with E-state index < -0.39 is 17.5 Å². The number of alkyl halides is 3. The van der Waals surface area contributed by atoms with Crippen LogP contribution in [0.15, 0.2) is 53.0 Å². The second-order valence-corrected chi connectivity index (χ2v) is 8.25. The number of benzene rings is 2. The molecule has 2 aliphatic heterocycles. The SMILES string of the molecule is OC1(c2ccc(Br)cc2)CN(c2cccc(C(F)(F)F)c2)C2=[N+]1CCCCC2.[Br-]. The van der Waals surface area contributed by atoms with E-state index in [1.807, 2.05) is 33.7 Å². The van der Waals surface area contributed by atoms with Crippen molar-refractivity contribution in [1.82, 2.24) is 0 Å². The highest BCUT2D eigenvalue weighted by molar-refractivity contribution is 9.10. The Labute approximate surface area is 186 Å². The molecule has 29 heavy (non-hydrogen) atoms. The minimum Gasteiger partial charge on any atom is -1.00 e. The predicted octanol–water partition coefficient (Wildman–Crippen LogP) is 2.12. The van der Waals surface area contributed by atoms with E-state index in [9.17, 15) is 18.3 Å². The molecular formula is C21H21Br2F3N2O. The van der Waals surface area contributed by atoms with Gasteiger partial charge in [-0.25, -0.2) is 9.48 Å². The van der Waals surface area contributed by atoms with Crippen LogP contribution in [0.25, 0.3) is 0 Å². The fraction of sp³-hybridized carbons (Fsp3) is 0.381. The number of aliphatic hydroxyl groups is 1. The van der Waals surface area contributed by atoms with Gasteiger partial charge in [0.05, 0.1) is 12.1 Å². The molecule has 0 aliphatic carbocycles. The van der Waals surface area contributed by atoms with Gasteiger partial charge in [-0.1, -0.05) is 34.1 Å². The molecule has 0 saturated carbocycles. The number of rotatable bonds is 2. The Balaban J connectivity index is 0.00000240. The first-order valence-corrected chi connectivity index (χ1v) is 10.1. The van der Waals surface area contributed by atoms with Gasteiger partial charge >= 0.3 is 6.18 Å². The largest absolute Gasteiger partial charge is 1.00 e. The van der Waals surface area contributed by atoms with Crippen molar-refractivity contribution >= 4 is 27.5 Å². The van der Waals surface area contributed by atoms with Crippen LogP contribution < -0.4 is 21.9 Å². The normalized spacial score (nSPS) is 22.2. The van der Waals surface area contributed by atoms with Crippen LogP contribution in [0.1, 0.15) is 36.8 Å². The highest BCUT2D eigenvalue weighted by Gasteiger charge is 2.52. The van der Waals surface area contributed by atoms with Crippen molar-refractivity contribution in [2.75, 3.05) is 18.0 Å². The molecular weight excluding hydrogens is 513 g/mol. The van der Waals surface area contributed by atoms with Gasteiger partial charge in [-0.2, -0.15) is 13.2 Å². The third-order valence-corrected chi connectivity index (χ3v) is 6.05. The van der Waals surface area contributed by atoms with Crippen molar-refractivity contribution in [3.8, 4) is 0 Å². The summed E-state index contributed by atoms with van der Waals surface area (Å²) in [7, 11) is 0. The molecule has 0 spiro atoms. The van der Waals surface area contributed by atoms with Gasteiger partial charge in [-0.3, -0.25) is 0 Å². The Kier molecular flexibility index (Phi) is 6.46. The third-order valence-electron chi connectivity index (χ3n) is 5.52. The molecule has 0 saturated heterocycles. The van der Waals surface area contributed by atoms with Crippen molar-refractivity contribution in [2.45, 2.75) is 37.6 Å². The number of halogens is 5. The zero-order chi connectivity index (χ0) is 19.9. The summed E-state index contributed by atoms with van der Waals surface area (Å²) < 4.78 is 42.5. The molecule has 156 valence electrons. The molecule has 2 aliphatic rings. The molecule has 0 amide bonds. The summed E-state index contributed by atoms with van der Waals surface area (Å²) in [5.41, 5.74) is -0.742. The molecule has 2 heterocycles. The van der Waals surface area contributed by atoms with Crippen molar-refractivity contribution in [3.05, 3.63) is 64.1 Å². The van der Waals surface area contributed by atoms with Gasteiger partial charge in [0.25, 0.3) is 11.6 Å². The number of β-amino-alcohol motifs (C(OH)–C–C–N with tert-alkyl or cyclic N) is 1. The van der Waals surface area contributed by atoms with Gasteiger partial charge in [0.2, 0.25) is 0 Å². The van der Waals surface area contributed by atoms with E-state index >= 15 is 0 Å². The number of hydrogen-bond donors (Lipinski definition) is 1. The summed E-state index contributed by atoms with van der Waals surface area (Å²) >= 11 is 3.41. The lowest BCUT2D eigenvalue weighted by molar-refractivity contribution is -0.658. The molecule has 1 unspecified atom stereocenters. The standard InChI is InChI=1S/C21H21BrF3N2O.BrH/c22-17-10-8-15(9-11-17)20(28)14-26(19-7-2-1-3-12-27(19)20)18-6-4-5-16(13-18)21(23,24)25;/h4-6,8-11,13,28H,1-3,7,12,14H2;1H/q+1;/p-1. The van der Waals surface area contributed by atoms with E-state index in [0.717, 1.165) is 47.6 Å². The maximum atomic E-state index is 13.2. The zero-order valence-corrected chi connectivity index (χ0v) is 18.8. The number of amidine groups is 1. The summed E-state index contributed by atoms with van der Waals surface area (Å²) in [6.45, 7) is 0.878. The molecule has 0 fully saturated rings. The van der Waals surface area contributed by atoms with Crippen LogP contribution in [0.5, 0.6) is 0 Å². The van der Waals surface area contributed by atoms with Crippen LogP contribution in [-0.4, -0.2) is 28.6 Å². The summed E-state index contributed by atoms with van der Waals surface area (Å²) in [5.74, 6) is 0.891. The molecule has 3 nitrogen and oxygen atoms in total. The summed E-state index contributed by atoms with van der Waals surface area (Å²) in [4.78, 5) is 1.85. The Hall–Kier alpha value is -1.38. The molecule has 2 aromatic rings. The Bertz CT molecular complexity index is 915. The third kappa shape index (κ3) is 4.25. The van der Waals surface area contributed by atoms with E-state index in [-0.39, 0.29) is 23.5 Å². The fourth-order valence-corrected chi connectivity index (χ4v) is 4.39. The highest BCUT2D eigenvalue weighted by Crippen LogP contribution is 2.38. The average molecular weight is 534 g/mol. The minimum absolute atomic E-state index is 0. The van der Waals surface area contributed by atoms with Crippen molar-refractivity contribution < 1.29 is 39.8 Å². The molecule has 0 bridgehead atoms. The second-order valence-electron chi connectivity index (χ2n) is 7.34. The van der Waals surface area contributed by atoms with Crippen LogP contribution in [0.3, 0.4) is 0 Å². The van der Waals surface area contributed by atoms with Crippen molar-refractivity contribution in [2.24, 2.45) is 0 Å². The predicted molar refractivity (Wildman–Crippen MR) is 105 cm³/mol. The van der Waals surface area contributed by atoms with Crippen molar-refractivity contribution in [1.29, 1.82) is 0 Å². The average Bonchev–Trinajstić information content (AvgIpc) is 2.82. The smallest absolute Gasteiger partial charge is 0.416 e. The van der Waals surface area contributed by atoms with Gasteiger partial charge in [-0.05, 0) is 49.6 Å². The van der Waals surface area contributed by atoms with Gasteiger partial charge in [0.15, 0.2) is 6.54 Å². The monoisotopic (exact) mass is 532 g/mol. The second kappa shape index (κ2) is 8.40. The molecule has 8 heteroatoms. The lowest BCUT2D eigenvalue weighted by Crippen LogP contribution is -3.00. The quantitative estimate of drug-likeness (QED) is 0.599. The van der Waals surface area contributed by atoms with Crippen LogP contribution in [0.4, 0.5) is 18.9 Å². The van der Waals surface area contributed by atoms with Crippen LogP contribution in [0.2, 0.25) is 0 Å². The fourth-order valence-electron chi connectivity index (χ4n) is 4.12. The molecule has 1 atom stereocenters. The number of anilines is 1. The van der Waals surface area contributed by atoms with Crippen LogP contribution >= 0.6 is 15.9 Å². The highest BCUT2D eigenvalue weighted by atomic mass is 79.9. The lowest BCUT2D eigenvalue weighted by Gasteiger charge is -2.23. The van der Waals surface area contributed by atoms with E-state index in [4.69, 9.17) is 0 Å². The Morgan fingerprint density at radius 2 is 1.76 bits per heavy atom. The van der Waals surface area contributed by atoms with Crippen molar-refractivity contribution in [3.63, 3.8) is 0 Å². The maximum Gasteiger partial charge on any atom is 0.416 e. The van der Waals surface area contributed by atoms with E-state index in [2.05, 4.69) is 15.9 Å². The maximum absolute atomic E-state index is 13.2. The van der Waals surface area contributed by atoms with Crippen LogP contribution in [-0.2, 0) is 11.9 Å². The minimum atomic E-state index is -4.40. The number of nitrogens with zero attached hydrogens (tertiary/aromatic N) is 2. The summed E-state index contributed by atoms with van der Waals surface area (Å²) in [5, 5.41) is 11.7. The summed E-state index contributed by atoms with van der Waals surface area (Å²) in [6.07, 6.45) is -0.732. The van der Waals surface area contributed by atoms with Gasteiger partial charge in [0, 0.05) is 16.5 Å². The molecule has 1 N–H and O–H groups in total. The summed E-state index contributed by atoms with van der Waals surface area (Å²) in [6, 6.07) is 12.8. The molecule has 0 radical (unpaired) electrons. The molecule has 4 rings (SSSR count). The Morgan fingerprint density at radius 3 is 2.45 bits per heavy atom. The first-order valence-electron chi connectivity index (χ1n) is 9.36. The zero-order valence-electron chi connectivity index (χ0n) is 15.6. The topological polar surface area (TPSA) is 26.5 Å². The van der Waals surface area contributed by atoms with Crippen LogP contribution in [0, 0.1) is 0 Å². The van der Waals surface area contributed by atoms with Gasteiger partial charge < -0.3 is 22.1 Å². The van der Waals surface area contributed by atoms with Gasteiger partial charge in [-0.15, -0.1) is 0 Å². The van der Waals surface area contributed by atoms with Gasteiger partial charge in [0.1, 0.15) is 5.69 Å².